The first kappa shape index (κ1) is 10.9. The average molecular weight is 217 g/mol. The minimum Gasteiger partial charge on any atom is -0.464 e. The molecule has 3 nitrogen and oxygen atoms in total. The maximum atomic E-state index is 10.7. The van der Waals surface area contributed by atoms with Gasteiger partial charge in [0.2, 0.25) is 0 Å². The van der Waals surface area contributed by atoms with Crippen molar-refractivity contribution in [2.75, 3.05) is 6.61 Å². The van der Waals surface area contributed by atoms with Crippen LogP contribution in [0.4, 0.5) is 0 Å². The van der Waals surface area contributed by atoms with Crippen molar-refractivity contribution in [1.29, 1.82) is 0 Å². The molecule has 1 aromatic rings. The van der Waals surface area contributed by atoms with E-state index in [2.05, 4.69) is 17.1 Å². The van der Waals surface area contributed by atoms with E-state index in [1.165, 1.54) is 12.5 Å². The van der Waals surface area contributed by atoms with Gasteiger partial charge in [0.25, 0.3) is 0 Å². The zero-order chi connectivity index (χ0) is 11.4. The Bertz CT molecular complexity index is 398. The Morgan fingerprint density at radius 3 is 2.88 bits per heavy atom. The number of carbonyl (C=O) groups excluding carboxylic acids is 1. The summed E-state index contributed by atoms with van der Waals surface area (Å²) < 4.78 is 4.96. The van der Waals surface area contributed by atoms with Crippen molar-refractivity contribution in [3.05, 3.63) is 35.9 Å². The molecule has 0 aromatic heterocycles. The van der Waals surface area contributed by atoms with Gasteiger partial charge in [-0.25, -0.2) is 0 Å². The van der Waals surface area contributed by atoms with E-state index in [9.17, 15) is 4.79 Å². The van der Waals surface area contributed by atoms with Crippen LogP contribution < -0.4 is 0 Å². The second kappa shape index (κ2) is 4.92. The molecule has 2 rings (SSSR count). The van der Waals surface area contributed by atoms with Gasteiger partial charge in [0.1, 0.15) is 6.61 Å². The zero-order valence-electron chi connectivity index (χ0n) is 9.35. The first-order valence-electron chi connectivity index (χ1n) is 5.51. The molecule has 1 aromatic carbocycles. The normalized spacial score (nSPS) is 19.3. The molecule has 1 heterocycles. The summed E-state index contributed by atoms with van der Waals surface area (Å²) in [6, 6.07) is 10.3. The highest BCUT2D eigenvalue weighted by Gasteiger charge is 2.19. The summed E-state index contributed by atoms with van der Waals surface area (Å²) in [5.41, 5.74) is 2.30. The molecule has 1 aliphatic heterocycles. The summed E-state index contributed by atoms with van der Waals surface area (Å²) in [6.45, 7) is 1.84. The lowest BCUT2D eigenvalue weighted by atomic mass is 10.1. The fourth-order valence-corrected chi connectivity index (χ4v) is 1.84. The van der Waals surface area contributed by atoms with E-state index in [1.807, 2.05) is 18.2 Å². The van der Waals surface area contributed by atoms with Gasteiger partial charge in [-0.1, -0.05) is 30.3 Å². The van der Waals surface area contributed by atoms with Gasteiger partial charge in [-0.05, 0) is 18.4 Å². The molecular formula is C13H15NO2. The van der Waals surface area contributed by atoms with Gasteiger partial charge in [-0.2, -0.15) is 0 Å². The van der Waals surface area contributed by atoms with Crippen LogP contribution in [-0.2, 0) is 9.53 Å². The van der Waals surface area contributed by atoms with Crippen molar-refractivity contribution >= 4 is 11.7 Å². The van der Waals surface area contributed by atoms with Gasteiger partial charge >= 0.3 is 5.97 Å². The average Bonchev–Trinajstić information content (AvgIpc) is 2.76. The predicted octanol–water partition coefficient (Wildman–Crippen LogP) is 2.20. The third-order valence-corrected chi connectivity index (χ3v) is 2.64. The van der Waals surface area contributed by atoms with Crippen molar-refractivity contribution < 1.29 is 9.53 Å². The lowest BCUT2D eigenvalue weighted by Gasteiger charge is -2.05. The molecule has 1 atom stereocenters. The molecule has 0 aliphatic carbocycles. The second-order valence-electron chi connectivity index (χ2n) is 3.94. The van der Waals surface area contributed by atoms with Crippen LogP contribution in [0.1, 0.15) is 25.3 Å². The molecule has 1 unspecified atom stereocenters. The molecule has 0 bridgehead atoms. The minimum atomic E-state index is -0.233. The molecule has 0 radical (unpaired) electrons. The van der Waals surface area contributed by atoms with Gasteiger partial charge in [0, 0.05) is 12.6 Å². The van der Waals surface area contributed by atoms with E-state index in [0.717, 1.165) is 18.6 Å². The Morgan fingerprint density at radius 1 is 1.44 bits per heavy atom. The van der Waals surface area contributed by atoms with Crippen LogP contribution >= 0.6 is 0 Å². The van der Waals surface area contributed by atoms with Crippen LogP contribution in [0, 0.1) is 0 Å². The van der Waals surface area contributed by atoms with Gasteiger partial charge in [-0.15, -0.1) is 0 Å². The van der Waals surface area contributed by atoms with E-state index in [1.54, 1.807) is 0 Å². The molecular weight excluding hydrogens is 202 g/mol. The van der Waals surface area contributed by atoms with Crippen LogP contribution in [0.5, 0.6) is 0 Å². The molecule has 0 fully saturated rings. The van der Waals surface area contributed by atoms with Crippen molar-refractivity contribution in [2.24, 2.45) is 4.99 Å². The highest BCUT2D eigenvalue weighted by atomic mass is 16.5. The third-order valence-electron chi connectivity index (χ3n) is 2.64. The number of esters is 1. The predicted molar refractivity (Wildman–Crippen MR) is 62.6 cm³/mol. The number of rotatable bonds is 3. The monoisotopic (exact) mass is 217 g/mol. The van der Waals surface area contributed by atoms with Crippen LogP contribution in [0.25, 0.3) is 0 Å². The lowest BCUT2D eigenvalue weighted by molar-refractivity contribution is -0.141. The molecule has 0 N–H and O–H groups in total. The Balaban J connectivity index is 1.98. The summed E-state index contributed by atoms with van der Waals surface area (Å²) in [6.07, 6.45) is 1.94. The Labute approximate surface area is 95.2 Å². The summed E-state index contributed by atoms with van der Waals surface area (Å²) in [5.74, 6) is -0.233. The van der Waals surface area contributed by atoms with Gasteiger partial charge in [0.15, 0.2) is 0 Å². The number of nitrogens with zero attached hydrogens (tertiary/aromatic N) is 1. The number of hydrogen-bond acceptors (Lipinski definition) is 3. The minimum absolute atomic E-state index is 0.138. The summed E-state index contributed by atoms with van der Waals surface area (Å²) >= 11 is 0. The fraction of sp³-hybridized carbons (Fsp3) is 0.385. The smallest absolute Gasteiger partial charge is 0.302 e. The van der Waals surface area contributed by atoms with E-state index < -0.39 is 0 Å². The van der Waals surface area contributed by atoms with Gasteiger partial charge < -0.3 is 4.74 Å². The van der Waals surface area contributed by atoms with Crippen molar-refractivity contribution in [3.8, 4) is 0 Å². The molecule has 3 heteroatoms. The third kappa shape index (κ3) is 2.69. The standard InChI is InChI=1S/C13H15NO2/c1-10(15)16-9-12-7-8-13(14-12)11-5-3-2-4-6-11/h2-6,12H,7-9H2,1H3. The quantitative estimate of drug-likeness (QED) is 0.728. The number of aliphatic imine (C=N–C) groups is 1. The Hall–Kier alpha value is -1.64. The first-order valence-corrected chi connectivity index (χ1v) is 5.51. The van der Waals surface area contributed by atoms with Crippen molar-refractivity contribution in [3.63, 3.8) is 0 Å². The summed E-state index contributed by atoms with van der Waals surface area (Å²) in [5, 5.41) is 0. The molecule has 0 saturated carbocycles. The van der Waals surface area contributed by atoms with Crippen molar-refractivity contribution in [1.82, 2.24) is 0 Å². The molecule has 1 aliphatic rings. The molecule has 84 valence electrons. The number of ether oxygens (including phenoxy) is 1. The molecule has 0 amide bonds. The summed E-state index contributed by atoms with van der Waals surface area (Å²) in [4.78, 5) is 15.3. The topological polar surface area (TPSA) is 38.7 Å². The maximum Gasteiger partial charge on any atom is 0.302 e. The van der Waals surface area contributed by atoms with E-state index in [4.69, 9.17) is 4.74 Å². The molecule has 16 heavy (non-hydrogen) atoms. The van der Waals surface area contributed by atoms with E-state index >= 15 is 0 Å². The number of benzene rings is 1. The first-order chi connectivity index (χ1) is 7.75. The highest BCUT2D eigenvalue weighted by molar-refractivity contribution is 6.01. The van der Waals surface area contributed by atoms with Crippen molar-refractivity contribution in [2.45, 2.75) is 25.8 Å². The van der Waals surface area contributed by atoms with Crippen LogP contribution in [0.2, 0.25) is 0 Å². The highest BCUT2D eigenvalue weighted by Crippen LogP contribution is 2.18. The lowest BCUT2D eigenvalue weighted by Crippen LogP contribution is -2.12. The second-order valence-corrected chi connectivity index (χ2v) is 3.94. The Kier molecular flexibility index (Phi) is 3.34. The Morgan fingerprint density at radius 2 is 2.19 bits per heavy atom. The SMILES string of the molecule is CC(=O)OCC1CCC(c2ccccc2)=N1. The largest absolute Gasteiger partial charge is 0.464 e. The van der Waals surface area contributed by atoms with Gasteiger partial charge in [-0.3, -0.25) is 9.79 Å². The van der Waals surface area contributed by atoms with Crippen LogP contribution in [0.15, 0.2) is 35.3 Å². The number of hydrogen-bond donors (Lipinski definition) is 0. The fourth-order valence-electron chi connectivity index (χ4n) is 1.84. The van der Waals surface area contributed by atoms with E-state index in [0.29, 0.717) is 6.61 Å². The van der Waals surface area contributed by atoms with Gasteiger partial charge in [0.05, 0.1) is 6.04 Å². The van der Waals surface area contributed by atoms with Crippen LogP contribution in [0.3, 0.4) is 0 Å². The van der Waals surface area contributed by atoms with Crippen LogP contribution in [-0.4, -0.2) is 24.3 Å². The summed E-state index contributed by atoms with van der Waals surface area (Å²) in [7, 11) is 0. The number of carbonyl (C=O) groups is 1. The zero-order valence-corrected chi connectivity index (χ0v) is 9.35. The molecule has 0 saturated heterocycles. The molecule has 0 spiro atoms. The maximum absolute atomic E-state index is 10.7. The van der Waals surface area contributed by atoms with E-state index in [-0.39, 0.29) is 12.0 Å².